The summed E-state index contributed by atoms with van der Waals surface area (Å²) in [6.45, 7) is 8.13. The molecule has 1 aliphatic rings. The molecule has 168 valence electrons. The van der Waals surface area contributed by atoms with Crippen molar-refractivity contribution in [1.29, 1.82) is 0 Å². The highest BCUT2D eigenvalue weighted by Crippen LogP contribution is 2.30. The molecule has 2 aromatic rings. The van der Waals surface area contributed by atoms with Gasteiger partial charge in [0.2, 0.25) is 15.9 Å². The third-order valence-electron chi connectivity index (χ3n) is 5.46. The van der Waals surface area contributed by atoms with E-state index in [-0.39, 0.29) is 23.3 Å². The molecule has 7 heteroatoms. The Balaban J connectivity index is 1.85. The molecule has 0 bridgehead atoms. The topological polar surface area (TPSA) is 75.7 Å². The molecule has 31 heavy (non-hydrogen) atoms. The predicted octanol–water partition coefficient (Wildman–Crippen LogP) is 4.17. The predicted molar refractivity (Wildman–Crippen MR) is 123 cm³/mol. The average molecular weight is 445 g/mol. The molecule has 1 N–H and O–H groups in total. The van der Waals surface area contributed by atoms with Crippen LogP contribution in [0, 0.1) is 0 Å². The Morgan fingerprint density at radius 3 is 2.45 bits per heavy atom. The summed E-state index contributed by atoms with van der Waals surface area (Å²) in [6, 6.07) is 10.8. The third-order valence-corrected chi connectivity index (χ3v) is 7.50. The third kappa shape index (κ3) is 5.46. The Morgan fingerprint density at radius 1 is 1.06 bits per heavy atom. The first kappa shape index (κ1) is 23.3. The highest BCUT2D eigenvalue weighted by Gasteiger charge is 2.23. The minimum atomic E-state index is -3.64. The van der Waals surface area contributed by atoms with E-state index in [0.717, 1.165) is 24.8 Å². The number of nitrogens with zero attached hydrogens (tertiary/aromatic N) is 1. The minimum absolute atomic E-state index is 0.113. The summed E-state index contributed by atoms with van der Waals surface area (Å²) in [5.41, 5.74) is 4.01. The quantitative estimate of drug-likeness (QED) is 0.630. The second-order valence-electron chi connectivity index (χ2n) is 8.10. The van der Waals surface area contributed by atoms with Gasteiger partial charge in [-0.2, -0.15) is 4.31 Å². The maximum absolute atomic E-state index is 12.9. The summed E-state index contributed by atoms with van der Waals surface area (Å²) in [4.78, 5) is 12.9. The molecule has 0 fully saturated rings. The van der Waals surface area contributed by atoms with E-state index in [4.69, 9.17) is 4.74 Å². The SMILES string of the molecule is CCN(CC)S(=O)(=O)c1ccc(OC(C)C)c(NC(=O)Cc2ccc3c(c2)CCC3)c1. The largest absolute Gasteiger partial charge is 0.489 e. The molecule has 2 aromatic carbocycles. The number of carbonyl (C=O) groups excluding carboxylic acids is 1. The van der Waals surface area contributed by atoms with E-state index < -0.39 is 10.0 Å². The van der Waals surface area contributed by atoms with E-state index in [2.05, 4.69) is 17.4 Å². The molecule has 0 unspecified atom stereocenters. The summed E-state index contributed by atoms with van der Waals surface area (Å²) in [5.74, 6) is 0.250. The van der Waals surface area contributed by atoms with Crippen LogP contribution in [0.2, 0.25) is 0 Å². The van der Waals surface area contributed by atoms with Crippen molar-refractivity contribution >= 4 is 21.6 Å². The minimum Gasteiger partial charge on any atom is -0.489 e. The number of nitrogens with one attached hydrogen (secondary N) is 1. The highest BCUT2D eigenvalue weighted by atomic mass is 32.2. The number of rotatable bonds is 9. The van der Waals surface area contributed by atoms with E-state index in [1.807, 2.05) is 19.9 Å². The number of amides is 1. The summed E-state index contributed by atoms with van der Waals surface area (Å²) in [7, 11) is -3.64. The van der Waals surface area contributed by atoms with Crippen LogP contribution in [-0.4, -0.2) is 37.8 Å². The van der Waals surface area contributed by atoms with Gasteiger partial charge in [0.1, 0.15) is 5.75 Å². The van der Waals surface area contributed by atoms with E-state index in [0.29, 0.717) is 24.5 Å². The molecule has 0 radical (unpaired) electrons. The lowest BCUT2D eigenvalue weighted by Crippen LogP contribution is -2.30. The molecule has 0 aromatic heterocycles. The number of ether oxygens (including phenoxy) is 1. The highest BCUT2D eigenvalue weighted by molar-refractivity contribution is 7.89. The molecule has 0 saturated heterocycles. The first-order valence-electron chi connectivity index (χ1n) is 11.0. The normalized spacial score (nSPS) is 13.5. The van der Waals surface area contributed by atoms with Crippen molar-refractivity contribution in [1.82, 2.24) is 4.31 Å². The first-order valence-corrected chi connectivity index (χ1v) is 12.4. The van der Waals surface area contributed by atoms with Crippen LogP contribution in [0.5, 0.6) is 5.75 Å². The zero-order chi connectivity index (χ0) is 22.6. The van der Waals surface area contributed by atoms with E-state index >= 15 is 0 Å². The number of carbonyl (C=O) groups is 1. The van der Waals surface area contributed by atoms with Crippen LogP contribution in [0.4, 0.5) is 5.69 Å². The number of aryl methyl sites for hydroxylation is 2. The Morgan fingerprint density at radius 2 is 1.77 bits per heavy atom. The van der Waals surface area contributed by atoms with Gasteiger partial charge in [-0.1, -0.05) is 32.0 Å². The zero-order valence-corrected chi connectivity index (χ0v) is 19.6. The van der Waals surface area contributed by atoms with Crippen LogP contribution in [0.3, 0.4) is 0 Å². The van der Waals surface area contributed by atoms with Crippen LogP contribution in [-0.2, 0) is 34.1 Å². The molecular formula is C24H32N2O4S. The summed E-state index contributed by atoms with van der Waals surface area (Å²) in [6.07, 6.45) is 3.43. The van der Waals surface area contributed by atoms with Gasteiger partial charge < -0.3 is 10.1 Å². The average Bonchev–Trinajstić information content (AvgIpc) is 3.17. The van der Waals surface area contributed by atoms with Crippen LogP contribution in [0.1, 0.15) is 50.8 Å². The van der Waals surface area contributed by atoms with Crippen molar-refractivity contribution < 1.29 is 17.9 Å². The van der Waals surface area contributed by atoms with Gasteiger partial charge in [-0.25, -0.2) is 8.42 Å². The molecule has 6 nitrogen and oxygen atoms in total. The zero-order valence-electron chi connectivity index (χ0n) is 18.8. The fourth-order valence-electron chi connectivity index (χ4n) is 3.95. The molecular weight excluding hydrogens is 412 g/mol. The number of hydrogen-bond donors (Lipinski definition) is 1. The van der Waals surface area contributed by atoms with Gasteiger partial charge in [-0.05, 0) is 68.0 Å². The number of fused-ring (bicyclic) bond motifs is 1. The van der Waals surface area contributed by atoms with Crippen molar-refractivity contribution in [2.24, 2.45) is 0 Å². The van der Waals surface area contributed by atoms with Crippen molar-refractivity contribution in [3.05, 3.63) is 53.1 Å². The van der Waals surface area contributed by atoms with Crippen LogP contribution >= 0.6 is 0 Å². The fraction of sp³-hybridized carbons (Fsp3) is 0.458. The fourth-order valence-corrected chi connectivity index (χ4v) is 5.44. The standard InChI is InChI=1S/C24H32N2O4S/c1-5-26(6-2)31(28,29)21-12-13-23(30-17(3)4)22(16-21)25-24(27)15-18-10-11-19-8-7-9-20(19)14-18/h10-14,16-17H,5-9,15H2,1-4H3,(H,25,27). The van der Waals surface area contributed by atoms with Gasteiger partial charge in [0.15, 0.2) is 0 Å². The lowest BCUT2D eigenvalue weighted by Gasteiger charge is -2.20. The van der Waals surface area contributed by atoms with E-state index in [1.165, 1.54) is 27.6 Å². The van der Waals surface area contributed by atoms with Crippen molar-refractivity contribution in [2.75, 3.05) is 18.4 Å². The maximum Gasteiger partial charge on any atom is 0.243 e. The second kappa shape index (κ2) is 9.83. The Labute approximate surface area is 185 Å². The van der Waals surface area contributed by atoms with Crippen molar-refractivity contribution in [2.45, 2.75) is 64.4 Å². The Kier molecular flexibility index (Phi) is 7.38. The molecule has 1 amide bonds. The number of sulfonamides is 1. The number of hydrogen-bond acceptors (Lipinski definition) is 4. The van der Waals surface area contributed by atoms with Gasteiger partial charge in [0, 0.05) is 13.1 Å². The molecule has 0 spiro atoms. The number of anilines is 1. The van der Waals surface area contributed by atoms with E-state index in [9.17, 15) is 13.2 Å². The van der Waals surface area contributed by atoms with Crippen molar-refractivity contribution in [3.8, 4) is 5.75 Å². The molecule has 1 aliphatic carbocycles. The molecule has 0 saturated carbocycles. The lowest BCUT2D eigenvalue weighted by molar-refractivity contribution is -0.115. The van der Waals surface area contributed by atoms with Gasteiger partial charge in [0.05, 0.1) is 23.1 Å². The monoisotopic (exact) mass is 444 g/mol. The van der Waals surface area contributed by atoms with Gasteiger partial charge in [-0.3, -0.25) is 4.79 Å². The molecule has 0 aliphatic heterocycles. The number of benzene rings is 2. The Bertz CT molecular complexity index is 1040. The van der Waals surface area contributed by atoms with Crippen LogP contribution in [0.25, 0.3) is 0 Å². The molecule has 0 atom stereocenters. The lowest BCUT2D eigenvalue weighted by atomic mass is 10.0. The second-order valence-corrected chi connectivity index (χ2v) is 10.0. The summed E-state index contributed by atoms with van der Waals surface area (Å²) >= 11 is 0. The molecule has 0 heterocycles. The summed E-state index contributed by atoms with van der Waals surface area (Å²) in [5, 5.41) is 2.87. The van der Waals surface area contributed by atoms with Crippen LogP contribution < -0.4 is 10.1 Å². The maximum atomic E-state index is 12.9. The summed E-state index contributed by atoms with van der Waals surface area (Å²) < 4.78 is 33.1. The van der Waals surface area contributed by atoms with Crippen LogP contribution in [0.15, 0.2) is 41.3 Å². The van der Waals surface area contributed by atoms with Crippen molar-refractivity contribution in [3.63, 3.8) is 0 Å². The molecule has 3 rings (SSSR count). The van der Waals surface area contributed by atoms with Gasteiger partial charge in [-0.15, -0.1) is 0 Å². The van der Waals surface area contributed by atoms with Gasteiger partial charge in [0.25, 0.3) is 0 Å². The Hall–Kier alpha value is -2.38. The smallest absolute Gasteiger partial charge is 0.243 e. The van der Waals surface area contributed by atoms with E-state index in [1.54, 1.807) is 19.9 Å². The van der Waals surface area contributed by atoms with Gasteiger partial charge >= 0.3 is 0 Å². The first-order chi connectivity index (χ1) is 14.7.